The molecule has 1 unspecified atom stereocenters. The van der Waals surface area contributed by atoms with E-state index in [1.54, 1.807) is 11.0 Å². The number of rotatable bonds is 5. The minimum absolute atomic E-state index is 0.0389. The monoisotopic (exact) mass is 457 g/mol. The summed E-state index contributed by atoms with van der Waals surface area (Å²) in [6.07, 6.45) is 5.33. The van der Waals surface area contributed by atoms with Crippen molar-refractivity contribution in [1.29, 1.82) is 0 Å². The van der Waals surface area contributed by atoms with Crippen molar-refractivity contribution in [2.45, 2.75) is 43.5 Å². The van der Waals surface area contributed by atoms with Gasteiger partial charge < -0.3 is 9.64 Å². The van der Waals surface area contributed by atoms with Gasteiger partial charge in [-0.3, -0.25) is 14.6 Å². The number of aromatic nitrogens is 1. The summed E-state index contributed by atoms with van der Waals surface area (Å²) < 4.78 is 32.1. The lowest BCUT2D eigenvalue weighted by molar-refractivity contribution is -0.153. The first-order chi connectivity index (χ1) is 15.4. The van der Waals surface area contributed by atoms with E-state index in [0.29, 0.717) is 12.8 Å². The number of benzene rings is 1. The van der Waals surface area contributed by atoms with Crippen molar-refractivity contribution in [3.05, 3.63) is 54.4 Å². The number of hydrogen-bond acceptors (Lipinski definition) is 6. The zero-order chi connectivity index (χ0) is 22.7. The molecule has 1 aromatic carbocycles. The van der Waals surface area contributed by atoms with Crippen LogP contribution in [-0.2, 0) is 30.8 Å². The lowest BCUT2D eigenvalue weighted by Crippen LogP contribution is -2.45. The second-order valence-electron chi connectivity index (χ2n) is 8.25. The fourth-order valence-corrected chi connectivity index (χ4v) is 5.80. The molecule has 1 fully saturated rings. The van der Waals surface area contributed by atoms with Gasteiger partial charge >= 0.3 is 5.97 Å². The quantitative estimate of drug-likeness (QED) is 0.640. The molecule has 1 amide bonds. The molecule has 2 aliphatic rings. The molecule has 0 radical (unpaired) electrons. The van der Waals surface area contributed by atoms with Crippen LogP contribution in [-0.4, -0.2) is 55.3 Å². The molecule has 2 aromatic rings. The molecular formula is C23H27N3O5S. The smallest absolute Gasteiger partial charge is 0.309 e. The highest BCUT2D eigenvalue weighted by Gasteiger charge is 2.34. The Morgan fingerprint density at radius 3 is 2.56 bits per heavy atom. The van der Waals surface area contributed by atoms with E-state index in [2.05, 4.69) is 4.98 Å². The van der Waals surface area contributed by atoms with Gasteiger partial charge in [-0.05, 0) is 56.4 Å². The lowest BCUT2D eigenvalue weighted by atomic mass is 9.96. The van der Waals surface area contributed by atoms with E-state index >= 15 is 0 Å². The zero-order valence-electron chi connectivity index (χ0n) is 18.0. The van der Waals surface area contributed by atoms with Crippen LogP contribution in [0.5, 0.6) is 0 Å². The van der Waals surface area contributed by atoms with Gasteiger partial charge in [0, 0.05) is 37.2 Å². The van der Waals surface area contributed by atoms with Crippen LogP contribution in [0.15, 0.2) is 53.7 Å². The number of fused-ring (bicyclic) bond motifs is 1. The maximum atomic E-state index is 12.9. The number of piperidine rings is 1. The van der Waals surface area contributed by atoms with Crippen LogP contribution in [0.25, 0.3) is 0 Å². The highest BCUT2D eigenvalue weighted by Crippen LogP contribution is 2.30. The van der Waals surface area contributed by atoms with E-state index in [0.717, 1.165) is 24.1 Å². The molecule has 8 nitrogen and oxygen atoms in total. The van der Waals surface area contributed by atoms with Crippen LogP contribution in [0.3, 0.4) is 0 Å². The van der Waals surface area contributed by atoms with Gasteiger partial charge in [0.15, 0.2) is 6.61 Å². The van der Waals surface area contributed by atoms with E-state index in [-0.39, 0.29) is 36.5 Å². The molecule has 9 heteroatoms. The number of anilines is 1. The molecule has 0 bridgehead atoms. The molecular weight excluding hydrogens is 430 g/mol. The van der Waals surface area contributed by atoms with Gasteiger partial charge in [0.05, 0.1) is 5.92 Å². The van der Waals surface area contributed by atoms with Gasteiger partial charge in [0.1, 0.15) is 4.90 Å². The summed E-state index contributed by atoms with van der Waals surface area (Å²) >= 11 is 0. The van der Waals surface area contributed by atoms with Crippen molar-refractivity contribution >= 4 is 27.6 Å². The number of hydrogen-bond donors (Lipinski definition) is 0. The lowest BCUT2D eigenvalue weighted by Gasteiger charge is -2.35. The van der Waals surface area contributed by atoms with Gasteiger partial charge in [0.25, 0.3) is 5.91 Å². The minimum atomic E-state index is -3.63. The van der Waals surface area contributed by atoms with Crippen LogP contribution in [0, 0.1) is 5.92 Å². The number of sulfonamides is 1. The number of aryl methyl sites for hydroxylation is 1. The third kappa shape index (κ3) is 4.54. The van der Waals surface area contributed by atoms with Gasteiger partial charge in [-0.15, -0.1) is 0 Å². The van der Waals surface area contributed by atoms with Crippen molar-refractivity contribution in [1.82, 2.24) is 9.29 Å². The van der Waals surface area contributed by atoms with Crippen LogP contribution < -0.4 is 4.90 Å². The summed E-state index contributed by atoms with van der Waals surface area (Å²) in [6, 6.07) is 10.9. The van der Waals surface area contributed by atoms with Crippen molar-refractivity contribution in [2.75, 3.05) is 24.6 Å². The number of para-hydroxylation sites is 1. The standard InChI is InChI=1S/C23H27N3O5S/c1-17-8-9-18-5-2-3-7-21(18)26(17)22(27)16-31-23(28)19-10-13-25(14-11-19)32(29,30)20-6-4-12-24-15-20/h2-7,12,15,17,19H,8-11,13-14,16H2,1H3. The van der Waals surface area contributed by atoms with Gasteiger partial charge in [-0.25, -0.2) is 8.42 Å². The van der Waals surface area contributed by atoms with Gasteiger partial charge in [0.2, 0.25) is 10.0 Å². The summed E-state index contributed by atoms with van der Waals surface area (Å²) in [4.78, 5) is 31.2. The average molecular weight is 458 g/mol. The summed E-state index contributed by atoms with van der Waals surface area (Å²) in [7, 11) is -3.63. The van der Waals surface area contributed by atoms with Crippen LogP contribution in [0.1, 0.15) is 31.7 Å². The Hall–Kier alpha value is -2.78. The molecule has 170 valence electrons. The maximum absolute atomic E-state index is 12.9. The molecule has 0 aliphatic carbocycles. The van der Waals surface area contributed by atoms with Crippen molar-refractivity contribution < 1.29 is 22.7 Å². The number of esters is 1. The Balaban J connectivity index is 1.32. The van der Waals surface area contributed by atoms with Crippen molar-refractivity contribution in [3.63, 3.8) is 0 Å². The molecule has 1 saturated heterocycles. The summed E-state index contributed by atoms with van der Waals surface area (Å²) in [5, 5.41) is 0. The van der Waals surface area contributed by atoms with E-state index in [1.807, 2.05) is 31.2 Å². The fourth-order valence-electron chi connectivity index (χ4n) is 4.37. The highest BCUT2D eigenvalue weighted by molar-refractivity contribution is 7.89. The largest absolute Gasteiger partial charge is 0.455 e. The van der Waals surface area contributed by atoms with E-state index < -0.39 is 21.9 Å². The zero-order valence-corrected chi connectivity index (χ0v) is 18.8. The first-order valence-corrected chi connectivity index (χ1v) is 12.3. The summed E-state index contributed by atoms with van der Waals surface area (Å²) in [6.45, 7) is 2.13. The third-order valence-electron chi connectivity index (χ3n) is 6.19. The molecule has 3 heterocycles. The Bertz CT molecular complexity index is 1080. The average Bonchev–Trinajstić information content (AvgIpc) is 2.83. The molecule has 4 rings (SSSR count). The normalized spacial score (nSPS) is 19.9. The summed E-state index contributed by atoms with van der Waals surface area (Å²) in [5.41, 5.74) is 1.99. The first-order valence-electron chi connectivity index (χ1n) is 10.8. The molecule has 2 aliphatic heterocycles. The number of carbonyl (C=O) groups is 2. The van der Waals surface area contributed by atoms with Gasteiger partial charge in [-0.2, -0.15) is 4.31 Å². The first kappa shape index (κ1) is 22.4. The molecule has 0 N–H and O–H groups in total. The van der Waals surface area contributed by atoms with Crippen LogP contribution in [0.4, 0.5) is 5.69 Å². The fraction of sp³-hybridized carbons (Fsp3) is 0.435. The topological polar surface area (TPSA) is 96.9 Å². The second kappa shape index (κ2) is 9.38. The van der Waals surface area contributed by atoms with E-state index in [4.69, 9.17) is 4.74 Å². The second-order valence-corrected chi connectivity index (χ2v) is 10.2. The molecule has 1 atom stereocenters. The predicted octanol–water partition coefficient (Wildman–Crippen LogP) is 2.39. The molecule has 1 aromatic heterocycles. The Labute approximate surface area is 188 Å². The number of pyridine rings is 1. The number of amides is 1. The SMILES string of the molecule is CC1CCc2ccccc2N1C(=O)COC(=O)C1CCN(S(=O)(=O)c2cccnc2)CC1. The number of carbonyl (C=O) groups excluding carboxylic acids is 2. The Kier molecular flexibility index (Phi) is 6.57. The van der Waals surface area contributed by atoms with Gasteiger partial charge in [-0.1, -0.05) is 18.2 Å². The molecule has 32 heavy (non-hydrogen) atoms. The number of ether oxygens (including phenoxy) is 1. The van der Waals surface area contributed by atoms with Crippen LogP contribution >= 0.6 is 0 Å². The third-order valence-corrected chi connectivity index (χ3v) is 8.07. The van der Waals surface area contributed by atoms with E-state index in [1.165, 1.54) is 22.8 Å². The summed E-state index contributed by atoms with van der Waals surface area (Å²) in [5.74, 6) is -1.11. The molecule has 0 saturated carbocycles. The molecule has 0 spiro atoms. The number of nitrogens with zero attached hydrogens (tertiary/aromatic N) is 3. The van der Waals surface area contributed by atoms with Crippen molar-refractivity contribution in [3.8, 4) is 0 Å². The predicted molar refractivity (Wildman–Crippen MR) is 118 cm³/mol. The van der Waals surface area contributed by atoms with Crippen molar-refractivity contribution in [2.24, 2.45) is 5.92 Å². The highest BCUT2D eigenvalue weighted by atomic mass is 32.2. The Morgan fingerprint density at radius 2 is 1.84 bits per heavy atom. The maximum Gasteiger partial charge on any atom is 0.309 e. The minimum Gasteiger partial charge on any atom is -0.455 e. The van der Waals surface area contributed by atoms with E-state index in [9.17, 15) is 18.0 Å². The van der Waals surface area contributed by atoms with Crippen LogP contribution in [0.2, 0.25) is 0 Å². The Morgan fingerprint density at radius 1 is 1.09 bits per heavy atom.